The fraction of sp³-hybridized carbons (Fsp3) is 0.136. The largest absolute Gasteiger partial charge is 0.288 e. The normalized spacial score (nSPS) is 17.8. The van der Waals surface area contributed by atoms with E-state index in [1.807, 2.05) is 36.6 Å². The first-order chi connectivity index (χ1) is 13.6. The highest BCUT2D eigenvalue weighted by atomic mass is 35.5. The molecule has 1 aliphatic rings. The maximum atomic E-state index is 13.3. The molecule has 2 aromatic carbocycles. The van der Waals surface area contributed by atoms with Crippen molar-refractivity contribution in [2.45, 2.75) is 18.9 Å². The number of rotatable bonds is 4. The lowest BCUT2D eigenvalue weighted by molar-refractivity contribution is -0.118. The first kappa shape index (κ1) is 18.6. The van der Waals surface area contributed by atoms with E-state index < -0.39 is 5.92 Å². The van der Waals surface area contributed by atoms with Crippen LogP contribution in [0.15, 0.2) is 71.0 Å². The molecule has 4 rings (SSSR count). The van der Waals surface area contributed by atoms with Crippen molar-refractivity contribution in [2.24, 2.45) is 4.99 Å². The third kappa shape index (κ3) is 3.28. The van der Waals surface area contributed by atoms with Crippen LogP contribution in [0.3, 0.4) is 0 Å². The molecular weight excluding hydrogens is 392 g/mol. The van der Waals surface area contributed by atoms with Crippen LogP contribution < -0.4 is 4.90 Å². The van der Waals surface area contributed by atoms with Gasteiger partial charge in [0.25, 0.3) is 5.91 Å². The predicted molar refractivity (Wildman–Crippen MR) is 114 cm³/mol. The molecule has 1 aliphatic heterocycles. The van der Waals surface area contributed by atoms with Crippen LogP contribution in [0.1, 0.15) is 39.7 Å². The predicted octanol–water partition coefficient (Wildman–Crippen LogP) is 5.50. The summed E-state index contributed by atoms with van der Waals surface area (Å²) < 4.78 is 0. The summed E-state index contributed by atoms with van der Waals surface area (Å²) in [4.78, 5) is 33.3. The molecule has 0 N–H and O–H groups in total. The van der Waals surface area contributed by atoms with E-state index in [9.17, 15) is 9.59 Å². The average Bonchev–Trinajstić information content (AvgIpc) is 3.24. The van der Waals surface area contributed by atoms with Crippen molar-refractivity contribution in [3.05, 3.63) is 87.1 Å². The Morgan fingerprint density at radius 2 is 1.82 bits per heavy atom. The number of hydrogen-bond acceptors (Lipinski definition) is 4. The second-order valence-electron chi connectivity index (χ2n) is 6.48. The average molecular weight is 409 g/mol. The SMILES string of the molecule is C[C@H](N=CC1C(=O)N(c2ccccc2Cl)C(=O)c2ccccc21)c1cccs1. The lowest BCUT2D eigenvalue weighted by Gasteiger charge is -2.31. The Morgan fingerprint density at radius 3 is 2.57 bits per heavy atom. The van der Waals surface area contributed by atoms with E-state index in [0.29, 0.717) is 21.8 Å². The zero-order valence-electron chi connectivity index (χ0n) is 15.1. The molecule has 28 heavy (non-hydrogen) atoms. The first-order valence-corrected chi connectivity index (χ1v) is 10.1. The Kier molecular flexibility index (Phi) is 5.11. The minimum atomic E-state index is -0.646. The van der Waals surface area contributed by atoms with E-state index in [0.717, 1.165) is 9.78 Å². The molecule has 2 atom stereocenters. The molecule has 4 nitrogen and oxygen atoms in total. The van der Waals surface area contributed by atoms with Crippen LogP contribution in [0.4, 0.5) is 5.69 Å². The smallest absolute Gasteiger partial charge is 0.265 e. The van der Waals surface area contributed by atoms with Crippen molar-refractivity contribution in [2.75, 3.05) is 4.90 Å². The molecule has 0 saturated carbocycles. The van der Waals surface area contributed by atoms with Crippen LogP contribution in [0.2, 0.25) is 5.02 Å². The molecule has 0 radical (unpaired) electrons. The van der Waals surface area contributed by atoms with Gasteiger partial charge in [-0.05, 0) is 42.1 Å². The third-order valence-corrected chi connectivity index (χ3v) is 6.09. The van der Waals surface area contributed by atoms with Gasteiger partial charge in [0, 0.05) is 16.7 Å². The number of carbonyl (C=O) groups excluding carboxylic acids is 2. The van der Waals surface area contributed by atoms with E-state index in [1.165, 1.54) is 0 Å². The highest BCUT2D eigenvalue weighted by Gasteiger charge is 2.39. The Bertz CT molecular complexity index is 1060. The highest BCUT2D eigenvalue weighted by Crippen LogP contribution is 2.35. The van der Waals surface area contributed by atoms with Gasteiger partial charge in [-0.15, -0.1) is 11.3 Å². The lowest BCUT2D eigenvalue weighted by Crippen LogP contribution is -2.45. The molecule has 3 aromatic rings. The molecule has 0 fully saturated rings. The van der Waals surface area contributed by atoms with Gasteiger partial charge in [-0.25, -0.2) is 4.90 Å². The number of thiophene rings is 1. The number of fused-ring (bicyclic) bond motifs is 1. The standard InChI is InChI=1S/C22H17ClN2O2S/c1-14(20-11-6-12-28-20)24-13-17-15-7-2-3-8-16(15)21(26)25(22(17)27)19-10-5-4-9-18(19)23/h2-14,17H,1H3/t14-,17?/m0/s1. The van der Waals surface area contributed by atoms with Crippen LogP contribution in [0.25, 0.3) is 0 Å². The quantitative estimate of drug-likeness (QED) is 0.422. The summed E-state index contributed by atoms with van der Waals surface area (Å²) in [5, 5.41) is 2.35. The summed E-state index contributed by atoms with van der Waals surface area (Å²) in [5.41, 5.74) is 1.54. The fourth-order valence-corrected chi connectivity index (χ4v) is 4.23. The summed E-state index contributed by atoms with van der Waals surface area (Å²) in [6.45, 7) is 1.98. The zero-order valence-corrected chi connectivity index (χ0v) is 16.7. The van der Waals surface area contributed by atoms with Crippen molar-refractivity contribution in [3.8, 4) is 0 Å². The molecule has 1 unspecified atom stereocenters. The topological polar surface area (TPSA) is 49.7 Å². The van der Waals surface area contributed by atoms with Gasteiger partial charge in [0.15, 0.2) is 0 Å². The van der Waals surface area contributed by atoms with Gasteiger partial charge in [0.1, 0.15) is 0 Å². The Labute approximate surface area is 172 Å². The number of para-hydroxylation sites is 1. The summed E-state index contributed by atoms with van der Waals surface area (Å²) >= 11 is 7.90. The van der Waals surface area contributed by atoms with E-state index in [2.05, 4.69) is 4.99 Å². The molecule has 0 saturated heterocycles. The van der Waals surface area contributed by atoms with E-state index in [1.54, 1.807) is 53.9 Å². The number of aliphatic imine (C=N–C) groups is 1. The minimum absolute atomic E-state index is 0.0636. The second kappa shape index (κ2) is 7.70. The summed E-state index contributed by atoms with van der Waals surface area (Å²) in [6.07, 6.45) is 1.65. The van der Waals surface area contributed by atoms with Crippen LogP contribution in [-0.2, 0) is 4.79 Å². The third-order valence-electron chi connectivity index (χ3n) is 4.72. The molecule has 1 aromatic heterocycles. The number of anilines is 1. The van der Waals surface area contributed by atoms with E-state index >= 15 is 0 Å². The highest BCUT2D eigenvalue weighted by molar-refractivity contribution is 7.10. The maximum absolute atomic E-state index is 13.3. The fourth-order valence-electron chi connectivity index (χ4n) is 3.28. The van der Waals surface area contributed by atoms with Crippen molar-refractivity contribution >= 4 is 46.7 Å². The maximum Gasteiger partial charge on any atom is 0.265 e. The van der Waals surface area contributed by atoms with Crippen LogP contribution in [0.5, 0.6) is 0 Å². The molecule has 0 aliphatic carbocycles. The summed E-state index contributed by atoms with van der Waals surface area (Å²) in [5.74, 6) is -1.36. The van der Waals surface area contributed by atoms with Crippen molar-refractivity contribution < 1.29 is 9.59 Å². The van der Waals surface area contributed by atoms with Crippen molar-refractivity contribution in [1.82, 2.24) is 0 Å². The number of imide groups is 1. The van der Waals surface area contributed by atoms with Gasteiger partial charge in [0.05, 0.1) is 22.7 Å². The second-order valence-corrected chi connectivity index (χ2v) is 7.87. The van der Waals surface area contributed by atoms with Gasteiger partial charge in [0.2, 0.25) is 5.91 Å². The first-order valence-electron chi connectivity index (χ1n) is 8.86. The molecule has 2 heterocycles. The van der Waals surface area contributed by atoms with Gasteiger partial charge in [-0.3, -0.25) is 14.6 Å². The molecule has 140 valence electrons. The number of hydrogen-bond donors (Lipinski definition) is 0. The molecular formula is C22H17ClN2O2S. The van der Waals surface area contributed by atoms with Crippen LogP contribution in [0, 0.1) is 0 Å². The minimum Gasteiger partial charge on any atom is -0.288 e. The zero-order chi connectivity index (χ0) is 19.7. The summed E-state index contributed by atoms with van der Waals surface area (Å²) in [7, 11) is 0. The number of halogens is 1. The monoisotopic (exact) mass is 408 g/mol. The lowest BCUT2D eigenvalue weighted by atomic mass is 9.89. The molecule has 0 bridgehead atoms. The number of nitrogens with zero attached hydrogens (tertiary/aromatic N) is 2. The van der Waals surface area contributed by atoms with Crippen molar-refractivity contribution in [1.29, 1.82) is 0 Å². The van der Waals surface area contributed by atoms with Crippen LogP contribution >= 0.6 is 22.9 Å². The van der Waals surface area contributed by atoms with Crippen LogP contribution in [-0.4, -0.2) is 18.0 Å². The Hall–Kier alpha value is -2.76. The Morgan fingerprint density at radius 1 is 1.07 bits per heavy atom. The van der Waals surface area contributed by atoms with Gasteiger partial charge >= 0.3 is 0 Å². The summed E-state index contributed by atoms with van der Waals surface area (Å²) in [6, 6.07) is 18.0. The Balaban J connectivity index is 1.77. The molecule has 6 heteroatoms. The van der Waals surface area contributed by atoms with Gasteiger partial charge in [-0.1, -0.05) is 48.0 Å². The van der Waals surface area contributed by atoms with Gasteiger partial charge < -0.3 is 0 Å². The van der Waals surface area contributed by atoms with E-state index in [-0.39, 0.29) is 17.9 Å². The van der Waals surface area contributed by atoms with E-state index in [4.69, 9.17) is 11.6 Å². The van der Waals surface area contributed by atoms with Gasteiger partial charge in [-0.2, -0.15) is 0 Å². The molecule has 2 amide bonds. The van der Waals surface area contributed by atoms with Crippen molar-refractivity contribution in [3.63, 3.8) is 0 Å². The number of carbonyl (C=O) groups is 2. The number of amides is 2. The molecule has 0 spiro atoms. The number of benzene rings is 2.